The Bertz CT molecular complexity index is 693. The Morgan fingerprint density at radius 1 is 1.20 bits per heavy atom. The van der Waals surface area contributed by atoms with Crippen LogP contribution in [0, 0.1) is 19.3 Å². The molecular formula is C19H28N2O4. The molecule has 1 N–H and O–H groups in total. The number of carbonyl (C=O) groups excluding carboxylic acids is 3. The minimum Gasteiger partial charge on any atom is -0.461 e. The van der Waals surface area contributed by atoms with E-state index in [0.29, 0.717) is 22.5 Å². The number of nitrogens with one attached hydrogen (secondary N) is 1. The first-order valence-corrected chi connectivity index (χ1v) is 8.78. The molecule has 1 aliphatic carbocycles. The third kappa shape index (κ3) is 4.11. The quantitative estimate of drug-likeness (QED) is 0.633. The van der Waals surface area contributed by atoms with Crippen LogP contribution in [0.1, 0.15) is 72.6 Å². The number of rotatable bonds is 6. The fourth-order valence-electron chi connectivity index (χ4n) is 2.99. The normalized spacial score (nSPS) is 14.3. The Morgan fingerprint density at radius 2 is 1.80 bits per heavy atom. The average Bonchev–Trinajstić information content (AvgIpc) is 3.29. The second kappa shape index (κ2) is 7.02. The zero-order valence-electron chi connectivity index (χ0n) is 16.0. The maximum absolute atomic E-state index is 12.9. The first-order valence-electron chi connectivity index (χ1n) is 8.78. The standard InChI is InChI=1S/C19H28N2O4/c1-7-25-17(23)16-11(2)15(12(3)20-16)14(22)10-21(13-8-9-13)18(24)19(4,5)6/h13,20H,7-10H2,1-6H3. The maximum atomic E-state index is 12.9. The summed E-state index contributed by atoms with van der Waals surface area (Å²) in [6, 6.07) is 0.153. The molecule has 0 bridgehead atoms. The molecule has 1 heterocycles. The van der Waals surface area contributed by atoms with Gasteiger partial charge in [-0.3, -0.25) is 9.59 Å². The number of ketones is 1. The first kappa shape index (κ1) is 19.2. The van der Waals surface area contributed by atoms with Crippen LogP contribution >= 0.6 is 0 Å². The van der Waals surface area contributed by atoms with Gasteiger partial charge in [-0.05, 0) is 39.2 Å². The van der Waals surface area contributed by atoms with E-state index in [9.17, 15) is 14.4 Å². The van der Waals surface area contributed by atoms with Crippen LogP contribution in [0.2, 0.25) is 0 Å². The highest BCUT2D eigenvalue weighted by atomic mass is 16.5. The average molecular weight is 348 g/mol. The van der Waals surface area contributed by atoms with Gasteiger partial charge in [0.25, 0.3) is 0 Å². The van der Waals surface area contributed by atoms with E-state index in [4.69, 9.17) is 4.74 Å². The molecule has 0 aliphatic heterocycles. The van der Waals surface area contributed by atoms with Crippen molar-refractivity contribution in [3.63, 3.8) is 0 Å². The molecule has 25 heavy (non-hydrogen) atoms. The highest BCUT2D eigenvalue weighted by Gasteiger charge is 2.39. The van der Waals surface area contributed by atoms with E-state index < -0.39 is 11.4 Å². The minimum absolute atomic E-state index is 0.0141. The van der Waals surface area contributed by atoms with Crippen molar-refractivity contribution in [3.8, 4) is 0 Å². The number of esters is 1. The van der Waals surface area contributed by atoms with Crippen LogP contribution in [0.4, 0.5) is 0 Å². The highest BCUT2D eigenvalue weighted by molar-refractivity contribution is 6.04. The number of aromatic nitrogens is 1. The Morgan fingerprint density at radius 3 is 2.28 bits per heavy atom. The van der Waals surface area contributed by atoms with Crippen molar-refractivity contribution in [2.24, 2.45) is 5.41 Å². The van der Waals surface area contributed by atoms with Crippen LogP contribution < -0.4 is 0 Å². The van der Waals surface area contributed by atoms with Gasteiger partial charge in [-0.1, -0.05) is 20.8 Å². The van der Waals surface area contributed by atoms with Gasteiger partial charge < -0.3 is 14.6 Å². The van der Waals surface area contributed by atoms with E-state index in [2.05, 4.69) is 4.98 Å². The number of hydrogen-bond donors (Lipinski definition) is 1. The molecule has 0 unspecified atom stereocenters. The summed E-state index contributed by atoms with van der Waals surface area (Å²) in [6.45, 7) is 11.1. The third-order valence-electron chi connectivity index (χ3n) is 4.40. The Labute approximate surface area is 148 Å². The van der Waals surface area contributed by atoms with Crippen molar-refractivity contribution in [3.05, 3.63) is 22.5 Å². The molecule has 1 aliphatic rings. The van der Waals surface area contributed by atoms with Crippen LogP contribution in [-0.2, 0) is 9.53 Å². The molecule has 2 rings (SSSR count). The first-order chi connectivity index (χ1) is 11.6. The summed E-state index contributed by atoms with van der Waals surface area (Å²) in [6.07, 6.45) is 1.88. The lowest BCUT2D eigenvalue weighted by Crippen LogP contribution is -2.43. The van der Waals surface area contributed by atoms with Crippen LogP contribution in [0.15, 0.2) is 0 Å². The van der Waals surface area contributed by atoms with E-state index in [1.165, 1.54) is 0 Å². The summed E-state index contributed by atoms with van der Waals surface area (Å²) in [7, 11) is 0. The monoisotopic (exact) mass is 348 g/mol. The summed E-state index contributed by atoms with van der Waals surface area (Å²) >= 11 is 0. The molecule has 1 aromatic rings. The molecular weight excluding hydrogens is 320 g/mol. The van der Waals surface area contributed by atoms with Crippen LogP contribution in [0.5, 0.6) is 0 Å². The van der Waals surface area contributed by atoms with Gasteiger partial charge in [0.15, 0.2) is 5.78 Å². The van der Waals surface area contributed by atoms with Crippen molar-refractivity contribution in [1.29, 1.82) is 0 Å². The predicted molar refractivity (Wildman–Crippen MR) is 94.7 cm³/mol. The molecule has 0 spiro atoms. The van der Waals surface area contributed by atoms with Crippen LogP contribution in [0.3, 0.4) is 0 Å². The Hall–Kier alpha value is -2.11. The smallest absolute Gasteiger partial charge is 0.355 e. The molecule has 1 saturated carbocycles. The topological polar surface area (TPSA) is 79.5 Å². The van der Waals surface area contributed by atoms with Gasteiger partial charge in [-0.2, -0.15) is 0 Å². The lowest BCUT2D eigenvalue weighted by Gasteiger charge is -2.29. The summed E-state index contributed by atoms with van der Waals surface area (Å²) in [5, 5.41) is 0. The van der Waals surface area contributed by atoms with Gasteiger partial charge in [0.2, 0.25) is 5.91 Å². The summed E-state index contributed by atoms with van der Waals surface area (Å²) in [5.74, 6) is -0.627. The molecule has 138 valence electrons. The SMILES string of the molecule is CCOC(=O)c1[nH]c(C)c(C(=O)CN(C(=O)C(C)(C)C)C2CC2)c1C. The fraction of sp³-hybridized carbons (Fsp3) is 0.632. The number of ether oxygens (including phenoxy) is 1. The number of aromatic amines is 1. The number of nitrogens with zero attached hydrogens (tertiary/aromatic N) is 1. The molecule has 1 aromatic heterocycles. The van der Waals surface area contributed by atoms with Crippen LogP contribution in [-0.4, -0.2) is 46.7 Å². The zero-order chi connectivity index (χ0) is 18.9. The van der Waals surface area contributed by atoms with Crippen molar-refractivity contribution >= 4 is 17.7 Å². The zero-order valence-corrected chi connectivity index (χ0v) is 16.0. The van der Waals surface area contributed by atoms with Gasteiger partial charge in [0.1, 0.15) is 5.69 Å². The summed E-state index contributed by atoms with van der Waals surface area (Å²) in [4.78, 5) is 42.2. The second-order valence-electron chi connectivity index (χ2n) is 7.68. The van der Waals surface area contributed by atoms with Gasteiger partial charge in [0, 0.05) is 22.7 Å². The Kier molecular flexibility index (Phi) is 5.40. The number of Topliss-reactive ketones (excluding diaryl/α,β-unsaturated/α-hetero) is 1. The van der Waals surface area contributed by atoms with E-state index in [-0.39, 0.29) is 30.9 Å². The Balaban J connectivity index is 2.25. The largest absolute Gasteiger partial charge is 0.461 e. The number of hydrogen-bond acceptors (Lipinski definition) is 4. The number of amides is 1. The molecule has 0 radical (unpaired) electrons. The van der Waals surface area contributed by atoms with E-state index in [1.54, 1.807) is 25.7 Å². The number of carbonyl (C=O) groups is 3. The summed E-state index contributed by atoms with van der Waals surface area (Å²) in [5.41, 5.74) is 1.48. The van der Waals surface area contributed by atoms with E-state index in [1.807, 2.05) is 20.8 Å². The predicted octanol–water partition coefficient (Wildman–Crippen LogP) is 3.03. The molecule has 1 fully saturated rings. The fourth-order valence-corrected chi connectivity index (χ4v) is 2.99. The van der Waals surface area contributed by atoms with Crippen molar-refractivity contribution in [2.75, 3.05) is 13.2 Å². The second-order valence-corrected chi connectivity index (χ2v) is 7.68. The van der Waals surface area contributed by atoms with E-state index in [0.717, 1.165) is 12.8 Å². The molecule has 6 heteroatoms. The molecule has 0 atom stereocenters. The third-order valence-corrected chi connectivity index (χ3v) is 4.40. The van der Waals surface area contributed by atoms with Crippen LogP contribution in [0.25, 0.3) is 0 Å². The number of aryl methyl sites for hydroxylation is 1. The van der Waals surface area contributed by atoms with Gasteiger partial charge in [0.05, 0.1) is 13.2 Å². The van der Waals surface area contributed by atoms with Crippen molar-refractivity contribution < 1.29 is 19.1 Å². The van der Waals surface area contributed by atoms with E-state index >= 15 is 0 Å². The highest BCUT2D eigenvalue weighted by Crippen LogP contribution is 2.31. The van der Waals surface area contributed by atoms with Crippen molar-refractivity contribution in [2.45, 2.75) is 60.4 Å². The molecule has 0 aromatic carbocycles. The molecule has 0 saturated heterocycles. The maximum Gasteiger partial charge on any atom is 0.355 e. The van der Waals surface area contributed by atoms with Gasteiger partial charge in [-0.25, -0.2) is 4.79 Å². The van der Waals surface area contributed by atoms with Gasteiger partial charge >= 0.3 is 5.97 Å². The lowest BCUT2D eigenvalue weighted by molar-refractivity contribution is -0.139. The summed E-state index contributed by atoms with van der Waals surface area (Å²) < 4.78 is 5.02. The van der Waals surface area contributed by atoms with Crippen molar-refractivity contribution in [1.82, 2.24) is 9.88 Å². The lowest BCUT2D eigenvalue weighted by atomic mass is 9.94. The van der Waals surface area contributed by atoms with Gasteiger partial charge in [-0.15, -0.1) is 0 Å². The molecule has 1 amide bonds. The minimum atomic E-state index is -0.527. The molecule has 6 nitrogen and oxygen atoms in total. The number of H-pyrrole nitrogens is 1.